The van der Waals surface area contributed by atoms with E-state index in [1.165, 1.54) is 29.6 Å². The number of benzene rings is 2. The van der Waals surface area contributed by atoms with Gasteiger partial charge in [-0.2, -0.15) is 0 Å². The van der Waals surface area contributed by atoms with Gasteiger partial charge in [-0.15, -0.1) is 0 Å². The summed E-state index contributed by atoms with van der Waals surface area (Å²) in [7, 11) is -2.56. The lowest BCUT2D eigenvalue weighted by Gasteiger charge is -2.43. The summed E-state index contributed by atoms with van der Waals surface area (Å²) in [5, 5.41) is 20.5. The molecule has 2 aromatic rings. The highest BCUT2D eigenvalue weighted by Crippen LogP contribution is 2.36. The van der Waals surface area contributed by atoms with Crippen LogP contribution in [0.4, 0.5) is 0 Å². The smallest absolute Gasteiger partial charge is 0.300 e. The molecule has 5 heteroatoms. The number of carboxylic acid groups (broad SMARTS) is 1. The van der Waals surface area contributed by atoms with Crippen molar-refractivity contribution >= 4 is 24.7 Å². The van der Waals surface area contributed by atoms with Crippen LogP contribution in [-0.4, -0.2) is 37.2 Å². The summed E-state index contributed by atoms with van der Waals surface area (Å²) >= 11 is 0. The van der Waals surface area contributed by atoms with Crippen molar-refractivity contribution < 1.29 is 19.4 Å². The summed E-state index contributed by atoms with van der Waals surface area (Å²) in [6.07, 6.45) is 9.28. The molecule has 1 atom stereocenters. The zero-order valence-corrected chi connectivity index (χ0v) is 22.0. The Bertz CT molecular complexity index is 769. The fourth-order valence-corrected chi connectivity index (χ4v) is 8.53. The van der Waals surface area contributed by atoms with Crippen molar-refractivity contribution in [2.45, 2.75) is 77.9 Å². The Balaban J connectivity index is 0.00000125. The Morgan fingerprint density at radius 2 is 1.45 bits per heavy atom. The van der Waals surface area contributed by atoms with Crippen LogP contribution in [0.25, 0.3) is 0 Å². The number of hydrogen-bond acceptors (Lipinski definition) is 3. The largest absolute Gasteiger partial charge is 0.481 e. The number of carboxylic acids is 1. The topological polar surface area (TPSA) is 66.8 Å². The van der Waals surface area contributed by atoms with Gasteiger partial charge < -0.3 is 14.6 Å². The summed E-state index contributed by atoms with van der Waals surface area (Å²) in [5.74, 6) is -0.833. The average molecular weight is 471 g/mol. The average Bonchev–Trinajstić information content (AvgIpc) is 2.77. The molecule has 0 heterocycles. The first-order valence-electron chi connectivity index (χ1n) is 11.9. The number of allylic oxidation sites excluding steroid dienone is 1. The van der Waals surface area contributed by atoms with Gasteiger partial charge in [-0.1, -0.05) is 113 Å². The fourth-order valence-electron chi connectivity index (χ4n) is 3.93. The molecule has 2 aromatic carbocycles. The summed E-state index contributed by atoms with van der Waals surface area (Å²) < 4.78 is 6.78. The Kier molecular flexibility index (Phi) is 13.0. The quantitative estimate of drug-likeness (QED) is 0.257. The summed E-state index contributed by atoms with van der Waals surface area (Å²) in [5.41, 5.74) is 0. The Morgan fingerprint density at radius 3 is 1.88 bits per heavy atom. The van der Waals surface area contributed by atoms with Gasteiger partial charge in [-0.25, -0.2) is 0 Å². The lowest BCUT2D eigenvalue weighted by Crippen LogP contribution is -2.67. The van der Waals surface area contributed by atoms with E-state index in [1.807, 2.05) is 0 Å². The maximum atomic E-state index is 10.6. The molecule has 33 heavy (non-hydrogen) atoms. The highest BCUT2D eigenvalue weighted by molar-refractivity contribution is 6.99. The number of carbonyl (C=O) groups is 1. The van der Waals surface area contributed by atoms with E-state index in [0.29, 0.717) is 13.0 Å². The van der Waals surface area contributed by atoms with E-state index in [9.17, 15) is 5.11 Å². The van der Waals surface area contributed by atoms with Gasteiger partial charge in [-0.3, -0.25) is 4.79 Å². The molecule has 4 nitrogen and oxygen atoms in total. The Labute approximate surface area is 201 Å². The summed E-state index contributed by atoms with van der Waals surface area (Å²) in [4.78, 5) is 9.00. The van der Waals surface area contributed by atoms with E-state index in [2.05, 4.69) is 101 Å². The van der Waals surface area contributed by atoms with Crippen LogP contribution in [0.1, 0.15) is 66.7 Å². The number of rotatable bonds is 11. The minimum Gasteiger partial charge on any atom is -0.481 e. The first kappa shape index (κ1) is 28.8. The Morgan fingerprint density at radius 1 is 0.970 bits per heavy atom. The van der Waals surface area contributed by atoms with Crippen LogP contribution in [0.15, 0.2) is 72.8 Å². The third-order valence-corrected chi connectivity index (χ3v) is 10.5. The number of aliphatic hydroxyl groups excluding tert-OH is 1. The van der Waals surface area contributed by atoms with Crippen LogP contribution in [0.2, 0.25) is 5.04 Å². The molecule has 0 aliphatic heterocycles. The van der Waals surface area contributed by atoms with Crippen molar-refractivity contribution in [3.05, 3.63) is 72.8 Å². The molecule has 182 valence electrons. The molecule has 1 unspecified atom stereocenters. The maximum absolute atomic E-state index is 10.6. The van der Waals surface area contributed by atoms with Gasteiger partial charge in [-0.05, 0) is 34.7 Å². The maximum Gasteiger partial charge on any atom is 0.300 e. The first-order valence-corrected chi connectivity index (χ1v) is 13.8. The molecule has 0 aliphatic rings. The summed E-state index contributed by atoms with van der Waals surface area (Å²) in [6, 6.07) is 21.2. The SMILES string of the molecule is CC(=O)O.CCCCCC=CCC(O)CO[Si](c1ccccc1)(c1ccccc1)C(C)(C)C. The molecule has 0 radical (unpaired) electrons. The van der Waals surface area contributed by atoms with Crippen molar-refractivity contribution in [2.24, 2.45) is 0 Å². The van der Waals surface area contributed by atoms with Crippen LogP contribution in [0.3, 0.4) is 0 Å². The lowest BCUT2D eigenvalue weighted by atomic mass is 10.2. The molecular formula is C28H42O4Si. The third kappa shape index (κ3) is 9.66. The van der Waals surface area contributed by atoms with E-state index >= 15 is 0 Å². The molecular weight excluding hydrogens is 428 g/mol. The Hall–Kier alpha value is -2.21. The highest BCUT2D eigenvalue weighted by atomic mass is 28.4. The monoisotopic (exact) mass is 470 g/mol. The molecule has 0 saturated carbocycles. The molecule has 0 saturated heterocycles. The van der Waals surface area contributed by atoms with Gasteiger partial charge in [0.1, 0.15) is 0 Å². The van der Waals surface area contributed by atoms with E-state index in [-0.39, 0.29) is 5.04 Å². The second-order valence-corrected chi connectivity index (χ2v) is 13.7. The van der Waals surface area contributed by atoms with Gasteiger partial charge in [0.2, 0.25) is 0 Å². The van der Waals surface area contributed by atoms with Gasteiger partial charge in [0.05, 0.1) is 12.7 Å². The molecule has 0 aromatic heterocycles. The zero-order chi connectivity index (χ0) is 24.7. The predicted molar refractivity (Wildman–Crippen MR) is 141 cm³/mol. The number of aliphatic carboxylic acids is 1. The van der Waals surface area contributed by atoms with Crippen LogP contribution >= 0.6 is 0 Å². The standard InChI is InChI=1S/C26H38O2Si.C2H4O2/c1-5-6-7-8-9-12-17-23(27)22-28-29(26(2,3)4,24-18-13-10-14-19-24)25-20-15-11-16-21-25;1-2(3)4/h9-16,18-21,23,27H,5-8,17,22H2,1-4H3;1H3,(H,3,4). The minimum absolute atomic E-state index is 0.0641. The van der Waals surface area contributed by atoms with Gasteiger partial charge in [0.25, 0.3) is 14.3 Å². The second-order valence-electron chi connectivity index (χ2n) is 9.35. The van der Waals surface area contributed by atoms with Gasteiger partial charge in [0, 0.05) is 6.92 Å². The fraction of sp³-hybridized carbons (Fsp3) is 0.464. The highest BCUT2D eigenvalue weighted by Gasteiger charge is 2.50. The van der Waals surface area contributed by atoms with Crippen molar-refractivity contribution in [3.63, 3.8) is 0 Å². The molecule has 2 rings (SSSR count). The number of unbranched alkanes of at least 4 members (excludes halogenated alkanes) is 3. The number of hydrogen-bond donors (Lipinski definition) is 2. The van der Waals surface area contributed by atoms with Crippen molar-refractivity contribution in [1.82, 2.24) is 0 Å². The first-order chi connectivity index (χ1) is 15.6. The van der Waals surface area contributed by atoms with Crippen molar-refractivity contribution in [3.8, 4) is 0 Å². The third-order valence-electron chi connectivity index (χ3n) is 5.46. The van der Waals surface area contributed by atoms with E-state index in [1.54, 1.807) is 0 Å². The van der Waals surface area contributed by atoms with Crippen LogP contribution in [0, 0.1) is 0 Å². The molecule has 0 spiro atoms. The van der Waals surface area contributed by atoms with E-state index < -0.39 is 20.4 Å². The van der Waals surface area contributed by atoms with E-state index in [4.69, 9.17) is 14.3 Å². The molecule has 0 aliphatic carbocycles. The minimum atomic E-state index is -2.56. The van der Waals surface area contributed by atoms with Crippen LogP contribution in [0.5, 0.6) is 0 Å². The molecule has 0 amide bonds. The summed E-state index contributed by atoms with van der Waals surface area (Å²) in [6.45, 7) is 10.4. The van der Waals surface area contributed by atoms with Crippen molar-refractivity contribution in [1.29, 1.82) is 0 Å². The molecule has 2 N–H and O–H groups in total. The molecule has 0 fully saturated rings. The predicted octanol–water partition coefficient (Wildman–Crippen LogP) is 5.54. The number of aliphatic hydroxyl groups is 1. The normalized spacial score (nSPS) is 12.8. The molecule has 0 bridgehead atoms. The van der Waals surface area contributed by atoms with E-state index in [0.717, 1.165) is 13.3 Å². The van der Waals surface area contributed by atoms with Crippen LogP contribution < -0.4 is 10.4 Å². The van der Waals surface area contributed by atoms with Gasteiger partial charge in [0.15, 0.2) is 0 Å². The zero-order valence-electron chi connectivity index (χ0n) is 21.0. The second kappa shape index (κ2) is 14.8. The lowest BCUT2D eigenvalue weighted by molar-refractivity contribution is -0.134. The van der Waals surface area contributed by atoms with Gasteiger partial charge >= 0.3 is 0 Å². The van der Waals surface area contributed by atoms with Crippen molar-refractivity contribution in [2.75, 3.05) is 6.61 Å². The van der Waals surface area contributed by atoms with Crippen LogP contribution in [-0.2, 0) is 9.22 Å².